The minimum atomic E-state index is 0.462. The molecule has 0 aliphatic rings. The van der Waals surface area contributed by atoms with Gasteiger partial charge in [0.05, 0.1) is 0 Å². The quantitative estimate of drug-likeness (QED) is 0.720. The minimum absolute atomic E-state index is 0.462. The lowest BCUT2D eigenvalue weighted by molar-refractivity contribution is 0.348. The Morgan fingerprint density at radius 3 is 2.80 bits per heavy atom. The summed E-state index contributed by atoms with van der Waals surface area (Å²) in [6.45, 7) is 8.45. The number of para-hydroxylation sites is 1. The standard InChI is InChI=1S/C13H17NO/c1-3-6-12-7-4-5-8-13(12)15-10-11(2)9-14/h3-5,7-8H,1-2,6,9-10,14H2. The summed E-state index contributed by atoms with van der Waals surface area (Å²) in [4.78, 5) is 0. The van der Waals surface area contributed by atoms with Crippen LogP contribution in [0.25, 0.3) is 0 Å². The molecule has 0 aliphatic heterocycles. The molecule has 0 aromatic heterocycles. The molecule has 0 amide bonds. The van der Waals surface area contributed by atoms with E-state index in [1.165, 1.54) is 0 Å². The Labute approximate surface area is 91.1 Å². The van der Waals surface area contributed by atoms with Crippen LogP contribution in [0.2, 0.25) is 0 Å². The largest absolute Gasteiger partial charge is 0.489 e. The van der Waals surface area contributed by atoms with Crippen molar-refractivity contribution in [3.05, 3.63) is 54.6 Å². The highest BCUT2D eigenvalue weighted by atomic mass is 16.5. The molecule has 0 saturated carbocycles. The summed E-state index contributed by atoms with van der Waals surface area (Å²) < 4.78 is 5.62. The number of ether oxygens (including phenoxy) is 1. The van der Waals surface area contributed by atoms with Crippen molar-refractivity contribution < 1.29 is 4.74 Å². The molecule has 1 rings (SSSR count). The van der Waals surface area contributed by atoms with E-state index in [4.69, 9.17) is 10.5 Å². The van der Waals surface area contributed by atoms with Crippen LogP contribution in [0, 0.1) is 0 Å². The van der Waals surface area contributed by atoms with Crippen molar-refractivity contribution >= 4 is 0 Å². The maximum atomic E-state index is 5.62. The minimum Gasteiger partial charge on any atom is -0.489 e. The second kappa shape index (κ2) is 6.04. The maximum absolute atomic E-state index is 5.62. The van der Waals surface area contributed by atoms with Crippen molar-refractivity contribution in [1.82, 2.24) is 0 Å². The number of nitrogens with two attached hydrogens (primary N) is 1. The molecule has 1 aromatic carbocycles. The van der Waals surface area contributed by atoms with E-state index in [0.717, 1.165) is 23.3 Å². The first kappa shape index (κ1) is 11.5. The number of hydrogen-bond acceptors (Lipinski definition) is 2. The molecule has 15 heavy (non-hydrogen) atoms. The fraction of sp³-hybridized carbons (Fsp3) is 0.231. The van der Waals surface area contributed by atoms with Crippen LogP contribution in [0.4, 0.5) is 0 Å². The highest BCUT2D eigenvalue weighted by Crippen LogP contribution is 2.19. The van der Waals surface area contributed by atoms with Crippen LogP contribution in [0.5, 0.6) is 5.75 Å². The van der Waals surface area contributed by atoms with E-state index < -0.39 is 0 Å². The van der Waals surface area contributed by atoms with Gasteiger partial charge in [-0.15, -0.1) is 6.58 Å². The van der Waals surface area contributed by atoms with Gasteiger partial charge in [-0.3, -0.25) is 0 Å². The van der Waals surface area contributed by atoms with Gasteiger partial charge in [-0.2, -0.15) is 0 Å². The molecule has 80 valence electrons. The number of benzene rings is 1. The first-order chi connectivity index (χ1) is 7.27. The molecule has 0 aliphatic carbocycles. The Bertz CT molecular complexity index is 344. The van der Waals surface area contributed by atoms with Crippen LogP contribution in [0.1, 0.15) is 5.56 Å². The molecule has 0 atom stereocenters. The van der Waals surface area contributed by atoms with E-state index in [2.05, 4.69) is 13.2 Å². The van der Waals surface area contributed by atoms with Crippen molar-refractivity contribution in [3.8, 4) is 5.75 Å². The highest BCUT2D eigenvalue weighted by molar-refractivity contribution is 5.34. The molecule has 0 unspecified atom stereocenters. The van der Waals surface area contributed by atoms with Crippen molar-refractivity contribution in [2.75, 3.05) is 13.2 Å². The Morgan fingerprint density at radius 1 is 1.40 bits per heavy atom. The van der Waals surface area contributed by atoms with E-state index in [0.29, 0.717) is 13.2 Å². The molecule has 0 spiro atoms. The molecule has 0 saturated heterocycles. The Kier molecular flexibility index (Phi) is 4.64. The van der Waals surface area contributed by atoms with Gasteiger partial charge in [0, 0.05) is 6.54 Å². The van der Waals surface area contributed by atoms with Gasteiger partial charge in [-0.05, 0) is 23.6 Å². The van der Waals surface area contributed by atoms with Crippen molar-refractivity contribution in [3.63, 3.8) is 0 Å². The van der Waals surface area contributed by atoms with E-state index in [1.807, 2.05) is 30.3 Å². The summed E-state index contributed by atoms with van der Waals surface area (Å²) in [5.41, 5.74) is 7.47. The third kappa shape index (κ3) is 3.60. The van der Waals surface area contributed by atoms with Crippen LogP contribution in [0.3, 0.4) is 0 Å². The van der Waals surface area contributed by atoms with Crippen LogP contribution >= 0.6 is 0 Å². The highest BCUT2D eigenvalue weighted by Gasteiger charge is 2.01. The van der Waals surface area contributed by atoms with Crippen molar-refractivity contribution in [2.45, 2.75) is 6.42 Å². The molecule has 2 N–H and O–H groups in total. The normalized spacial score (nSPS) is 9.67. The molecule has 2 nitrogen and oxygen atoms in total. The Balaban J connectivity index is 2.66. The van der Waals surface area contributed by atoms with Gasteiger partial charge in [-0.25, -0.2) is 0 Å². The first-order valence-corrected chi connectivity index (χ1v) is 4.96. The van der Waals surface area contributed by atoms with Gasteiger partial charge >= 0.3 is 0 Å². The average Bonchev–Trinajstić information content (AvgIpc) is 2.28. The molecule has 0 bridgehead atoms. The van der Waals surface area contributed by atoms with Crippen molar-refractivity contribution in [1.29, 1.82) is 0 Å². The molecule has 0 fully saturated rings. The first-order valence-electron chi connectivity index (χ1n) is 4.96. The molecular formula is C13H17NO. The predicted octanol–water partition coefficient (Wildman–Crippen LogP) is 2.31. The molecular weight excluding hydrogens is 186 g/mol. The summed E-state index contributed by atoms with van der Waals surface area (Å²) in [6.07, 6.45) is 2.67. The Hall–Kier alpha value is -1.54. The lowest BCUT2D eigenvalue weighted by Crippen LogP contribution is -2.10. The van der Waals surface area contributed by atoms with Crippen molar-refractivity contribution in [2.24, 2.45) is 5.73 Å². The lowest BCUT2D eigenvalue weighted by Gasteiger charge is -2.10. The maximum Gasteiger partial charge on any atom is 0.123 e. The van der Waals surface area contributed by atoms with Gasteiger partial charge in [-0.1, -0.05) is 30.9 Å². The molecule has 1 aromatic rings. The third-order valence-corrected chi connectivity index (χ3v) is 2.06. The summed E-state index contributed by atoms with van der Waals surface area (Å²) in [7, 11) is 0. The summed E-state index contributed by atoms with van der Waals surface area (Å²) >= 11 is 0. The SMILES string of the molecule is C=CCc1ccccc1OCC(=C)CN. The van der Waals surface area contributed by atoms with Gasteiger partial charge in [0.25, 0.3) is 0 Å². The second-order valence-electron chi connectivity index (χ2n) is 3.34. The Morgan fingerprint density at radius 2 is 2.13 bits per heavy atom. The number of allylic oxidation sites excluding steroid dienone is 1. The average molecular weight is 203 g/mol. The number of rotatable bonds is 6. The zero-order valence-corrected chi connectivity index (χ0v) is 8.91. The topological polar surface area (TPSA) is 35.2 Å². The zero-order chi connectivity index (χ0) is 11.1. The van der Waals surface area contributed by atoms with Crippen LogP contribution in [-0.4, -0.2) is 13.2 Å². The smallest absolute Gasteiger partial charge is 0.123 e. The monoisotopic (exact) mass is 203 g/mol. The van der Waals surface area contributed by atoms with E-state index >= 15 is 0 Å². The molecule has 2 heteroatoms. The summed E-state index contributed by atoms with van der Waals surface area (Å²) in [6, 6.07) is 7.92. The summed E-state index contributed by atoms with van der Waals surface area (Å²) in [5.74, 6) is 0.881. The summed E-state index contributed by atoms with van der Waals surface area (Å²) in [5, 5.41) is 0. The van der Waals surface area contributed by atoms with Gasteiger partial charge in [0.2, 0.25) is 0 Å². The molecule has 0 heterocycles. The third-order valence-electron chi connectivity index (χ3n) is 2.06. The lowest BCUT2D eigenvalue weighted by atomic mass is 10.1. The van der Waals surface area contributed by atoms with Gasteiger partial charge < -0.3 is 10.5 Å². The van der Waals surface area contributed by atoms with Crippen LogP contribution in [-0.2, 0) is 6.42 Å². The van der Waals surface area contributed by atoms with Gasteiger partial charge in [0.1, 0.15) is 12.4 Å². The second-order valence-corrected chi connectivity index (χ2v) is 3.34. The number of hydrogen-bond donors (Lipinski definition) is 1. The zero-order valence-electron chi connectivity index (χ0n) is 8.91. The van der Waals surface area contributed by atoms with E-state index in [9.17, 15) is 0 Å². The predicted molar refractivity (Wildman–Crippen MR) is 64.0 cm³/mol. The molecule has 0 radical (unpaired) electrons. The fourth-order valence-corrected chi connectivity index (χ4v) is 1.21. The van der Waals surface area contributed by atoms with Crippen LogP contribution in [0.15, 0.2) is 49.1 Å². The van der Waals surface area contributed by atoms with E-state index in [-0.39, 0.29) is 0 Å². The fourth-order valence-electron chi connectivity index (χ4n) is 1.21. The van der Waals surface area contributed by atoms with E-state index in [1.54, 1.807) is 0 Å². The van der Waals surface area contributed by atoms with Crippen LogP contribution < -0.4 is 10.5 Å². The van der Waals surface area contributed by atoms with Gasteiger partial charge in [0.15, 0.2) is 0 Å².